The fourth-order valence-corrected chi connectivity index (χ4v) is 3.84. The molecular formula is C22H25N5O2. The van der Waals surface area contributed by atoms with E-state index in [0.29, 0.717) is 6.42 Å². The molecule has 0 radical (unpaired) electrons. The van der Waals surface area contributed by atoms with Crippen LogP contribution in [-0.2, 0) is 17.6 Å². The molecule has 29 heavy (non-hydrogen) atoms. The molecule has 1 aliphatic rings. The zero-order valence-electron chi connectivity index (χ0n) is 16.8. The number of hydrogen-bond acceptors (Lipinski definition) is 5. The standard InChI is InChI=1S/C22H25N5O2/c1-3-20-24-10-12-27(20)21-15-23-14-18(25-21)19-5-4-11-26(19)22(28)13-16-6-8-17(29-2)9-7-16/h6-10,12,14-15,19H,3-5,11,13H2,1-2H3/t19-/m1/s1. The minimum Gasteiger partial charge on any atom is -0.497 e. The second-order valence-corrected chi connectivity index (χ2v) is 7.14. The number of carbonyl (C=O) groups is 1. The molecule has 3 aromatic rings. The summed E-state index contributed by atoms with van der Waals surface area (Å²) in [5, 5.41) is 0. The van der Waals surface area contributed by atoms with E-state index in [9.17, 15) is 4.79 Å². The van der Waals surface area contributed by atoms with Gasteiger partial charge in [0.05, 0.1) is 37.7 Å². The van der Waals surface area contributed by atoms with Gasteiger partial charge in [-0.25, -0.2) is 9.97 Å². The number of hydrogen-bond donors (Lipinski definition) is 0. The number of ether oxygens (including phenoxy) is 1. The van der Waals surface area contributed by atoms with E-state index in [1.54, 1.807) is 25.7 Å². The van der Waals surface area contributed by atoms with Crippen LogP contribution in [0.25, 0.3) is 5.82 Å². The Balaban J connectivity index is 1.53. The van der Waals surface area contributed by atoms with Crippen LogP contribution >= 0.6 is 0 Å². The lowest BCUT2D eigenvalue weighted by molar-refractivity contribution is -0.131. The Morgan fingerprint density at radius 1 is 1.24 bits per heavy atom. The van der Waals surface area contributed by atoms with E-state index < -0.39 is 0 Å². The molecule has 1 amide bonds. The number of aromatic nitrogens is 4. The lowest BCUT2D eigenvalue weighted by atomic mass is 10.1. The number of imidazole rings is 1. The Bertz CT molecular complexity index is 983. The minimum absolute atomic E-state index is 0.0400. The van der Waals surface area contributed by atoms with Crippen LogP contribution in [-0.4, -0.2) is 44.0 Å². The van der Waals surface area contributed by atoms with Crippen LogP contribution in [0.1, 0.15) is 42.9 Å². The van der Waals surface area contributed by atoms with Crippen LogP contribution in [0.3, 0.4) is 0 Å². The van der Waals surface area contributed by atoms with Gasteiger partial charge in [-0.15, -0.1) is 0 Å². The highest BCUT2D eigenvalue weighted by Gasteiger charge is 2.31. The lowest BCUT2D eigenvalue weighted by Crippen LogP contribution is -2.32. The SMILES string of the molecule is CCc1nccn1-c1cncc([C@H]2CCCN2C(=O)Cc2ccc(OC)cc2)n1. The minimum atomic E-state index is -0.0400. The summed E-state index contributed by atoms with van der Waals surface area (Å²) in [6, 6.07) is 7.60. The normalized spacial score (nSPS) is 16.2. The molecule has 2 aromatic heterocycles. The van der Waals surface area contributed by atoms with E-state index in [0.717, 1.165) is 54.5 Å². The summed E-state index contributed by atoms with van der Waals surface area (Å²) in [4.78, 5) is 28.5. The predicted molar refractivity (Wildman–Crippen MR) is 109 cm³/mol. The molecule has 0 saturated carbocycles. The molecule has 1 aliphatic heterocycles. The van der Waals surface area contributed by atoms with E-state index in [1.807, 2.05) is 39.9 Å². The summed E-state index contributed by atoms with van der Waals surface area (Å²) in [6.45, 7) is 2.81. The van der Waals surface area contributed by atoms with Crippen molar-refractivity contribution in [3.63, 3.8) is 0 Å². The molecule has 1 fully saturated rings. The molecule has 0 aliphatic carbocycles. The number of rotatable bonds is 6. The maximum absolute atomic E-state index is 13.0. The first-order valence-corrected chi connectivity index (χ1v) is 9.96. The number of methoxy groups -OCH3 is 1. The molecule has 0 bridgehead atoms. The van der Waals surface area contributed by atoms with Crippen molar-refractivity contribution in [1.29, 1.82) is 0 Å². The molecule has 0 N–H and O–H groups in total. The van der Waals surface area contributed by atoms with Crippen LogP contribution < -0.4 is 4.74 Å². The van der Waals surface area contributed by atoms with Gasteiger partial charge in [-0.2, -0.15) is 0 Å². The molecule has 150 valence electrons. The van der Waals surface area contributed by atoms with E-state index >= 15 is 0 Å². The average Bonchev–Trinajstić information content (AvgIpc) is 3.44. The van der Waals surface area contributed by atoms with E-state index in [2.05, 4.69) is 16.9 Å². The van der Waals surface area contributed by atoms with Gasteiger partial charge in [0.25, 0.3) is 0 Å². The highest BCUT2D eigenvalue weighted by atomic mass is 16.5. The van der Waals surface area contributed by atoms with Gasteiger partial charge in [-0.1, -0.05) is 19.1 Å². The van der Waals surface area contributed by atoms with Gasteiger partial charge < -0.3 is 9.64 Å². The number of amides is 1. The average molecular weight is 391 g/mol. The highest BCUT2D eigenvalue weighted by Crippen LogP contribution is 2.31. The lowest BCUT2D eigenvalue weighted by Gasteiger charge is -2.24. The molecule has 3 heterocycles. The Kier molecular flexibility index (Phi) is 5.55. The predicted octanol–water partition coefficient (Wildman–Crippen LogP) is 3.14. The molecule has 7 nitrogen and oxygen atoms in total. The number of aryl methyl sites for hydroxylation is 1. The Morgan fingerprint density at radius 2 is 2.07 bits per heavy atom. The molecule has 1 aromatic carbocycles. The van der Waals surface area contributed by atoms with Crippen molar-refractivity contribution in [3.05, 3.63) is 66.1 Å². The van der Waals surface area contributed by atoms with Gasteiger partial charge in [0.1, 0.15) is 11.6 Å². The van der Waals surface area contributed by atoms with E-state index in [4.69, 9.17) is 9.72 Å². The second-order valence-electron chi connectivity index (χ2n) is 7.14. The Labute approximate surface area is 170 Å². The van der Waals surface area contributed by atoms with Gasteiger partial charge in [0, 0.05) is 25.4 Å². The summed E-state index contributed by atoms with van der Waals surface area (Å²) in [5.41, 5.74) is 1.81. The third-order valence-corrected chi connectivity index (χ3v) is 5.35. The highest BCUT2D eigenvalue weighted by molar-refractivity contribution is 5.79. The molecule has 4 rings (SSSR count). The monoisotopic (exact) mass is 391 g/mol. The van der Waals surface area contributed by atoms with Crippen molar-refractivity contribution in [2.75, 3.05) is 13.7 Å². The first-order valence-electron chi connectivity index (χ1n) is 9.96. The zero-order chi connectivity index (χ0) is 20.2. The third kappa shape index (κ3) is 3.99. The van der Waals surface area contributed by atoms with Crippen LogP contribution in [0.15, 0.2) is 49.1 Å². The Morgan fingerprint density at radius 3 is 2.83 bits per heavy atom. The maximum Gasteiger partial charge on any atom is 0.227 e. The van der Waals surface area contributed by atoms with Gasteiger partial charge in [-0.05, 0) is 30.5 Å². The van der Waals surface area contributed by atoms with Crippen molar-refractivity contribution < 1.29 is 9.53 Å². The van der Waals surface area contributed by atoms with Crippen molar-refractivity contribution >= 4 is 5.91 Å². The summed E-state index contributed by atoms with van der Waals surface area (Å²) in [7, 11) is 1.64. The second kappa shape index (κ2) is 8.43. The fraction of sp³-hybridized carbons (Fsp3) is 0.364. The summed E-state index contributed by atoms with van der Waals surface area (Å²) < 4.78 is 7.14. The zero-order valence-corrected chi connectivity index (χ0v) is 16.8. The van der Waals surface area contributed by atoms with E-state index in [1.165, 1.54) is 0 Å². The molecule has 1 atom stereocenters. The summed E-state index contributed by atoms with van der Waals surface area (Å²) >= 11 is 0. The smallest absolute Gasteiger partial charge is 0.227 e. The van der Waals surface area contributed by atoms with E-state index in [-0.39, 0.29) is 11.9 Å². The van der Waals surface area contributed by atoms with Crippen LogP contribution in [0.4, 0.5) is 0 Å². The molecule has 7 heteroatoms. The number of carbonyl (C=O) groups excluding carboxylic acids is 1. The quantitative estimate of drug-likeness (QED) is 0.645. The molecule has 0 spiro atoms. The van der Waals surface area contributed by atoms with Gasteiger partial charge in [-0.3, -0.25) is 14.3 Å². The topological polar surface area (TPSA) is 73.1 Å². The molecule has 0 unspecified atom stereocenters. The van der Waals surface area contributed by atoms with Crippen LogP contribution in [0.2, 0.25) is 0 Å². The summed E-state index contributed by atoms with van der Waals surface area (Å²) in [6.07, 6.45) is 10.2. The first-order chi connectivity index (χ1) is 14.2. The summed E-state index contributed by atoms with van der Waals surface area (Å²) in [5.74, 6) is 2.58. The van der Waals surface area contributed by atoms with Crippen molar-refractivity contribution in [3.8, 4) is 11.6 Å². The van der Waals surface area contributed by atoms with Crippen LogP contribution in [0.5, 0.6) is 5.75 Å². The number of benzene rings is 1. The molecular weight excluding hydrogens is 366 g/mol. The number of likely N-dealkylation sites (tertiary alicyclic amines) is 1. The van der Waals surface area contributed by atoms with Gasteiger partial charge >= 0.3 is 0 Å². The van der Waals surface area contributed by atoms with Crippen LogP contribution in [0, 0.1) is 0 Å². The maximum atomic E-state index is 13.0. The largest absolute Gasteiger partial charge is 0.497 e. The fourth-order valence-electron chi connectivity index (χ4n) is 3.84. The van der Waals surface area contributed by atoms with Gasteiger partial charge in [0.15, 0.2) is 5.82 Å². The van der Waals surface area contributed by atoms with Crippen molar-refractivity contribution in [1.82, 2.24) is 24.4 Å². The molecule has 1 saturated heterocycles. The van der Waals surface area contributed by atoms with Crippen molar-refractivity contribution in [2.45, 2.75) is 38.6 Å². The van der Waals surface area contributed by atoms with Gasteiger partial charge in [0.2, 0.25) is 5.91 Å². The third-order valence-electron chi connectivity index (χ3n) is 5.35. The Hall–Kier alpha value is -3.22. The number of nitrogens with zero attached hydrogens (tertiary/aromatic N) is 5. The van der Waals surface area contributed by atoms with Crippen molar-refractivity contribution in [2.24, 2.45) is 0 Å². The first kappa shape index (κ1) is 19.1.